The van der Waals surface area contributed by atoms with Gasteiger partial charge >= 0.3 is 6.03 Å². The summed E-state index contributed by atoms with van der Waals surface area (Å²) in [5.74, 6) is 0.00642. The van der Waals surface area contributed by atoms with Crippen molar-refractivity contribution < 1.29 is 14.6 Å². The van der Waals surface area contributed by atoms with Gasteiger partial charge in [0, 0.05) is 25.7 Å². The molecule has 0 radical (unpaired) electrons. The summed E-state index contributed by atoms with van der Waals surface area (Å²) in [6, 6.07) is 7.43. The maximum Gasteiger partial charge on any atom is 0.319 e. The molecule has 0 bridgehead atoms. The minimum Gasteiger partial charge on any atom is -0.396 e. The van der Waals surface area contributed by atoms with E-state index in [4.69, 9.17) is 4.74 Å². The van der Waals surface area contributed by atoms with Crippen LogP contribution in [0.2, 0.25) is 0 Å². The van der Waals surface area contributed by atoms with Gasteiger partial charge in [0.05, 0.1) is 23.6 Å². The number of amides is 2. The number of hydrogen-bond acceptors (Lipinski definition) is 4. The lowest BCUT2D eigenvalue weighted by atomic mass is 10.1. The van der Waals surface area contributed by atoms with Gasteiger partial charge in [0.25, 0.3) is 0 Å². The number of ether oxygens (including phenoxy) is 1. The van der Waals surface area contributed by atoms with Crippen molar-refractivity contribution >= 4 is 17.4 Å². The maximum absolute atomic E-state index is 12.3. The van der Waals surface area contributed by atoms with Crippen LogP contribution in [0.3, 0.4) is 0 Å². The highest BCUT2D eigenvalue weighted by atomic mass is 16.5. The average Bonchev–Trinajstić information content (AvgIpc) is 2.53. The van der Waals surface area contributed by atoms with Gasteiger partial charge in [-0.2, -0.15) is 0 Å². The number of rotatable bonds is 5. The largest absolute Gasteiger partial charge is 0.396 e. The van der Waals surface area contributed by atoms with E-state index in [0.29, 0.717) is 0 Å². The van der Waals surface area contributed by atoms with Crippen LogP contribution in [0.4, 0.5) is 16.2 Å². The van der Waals surface area contributed by atoms with Crippen molar-refractivity contribution in [3.63, 3.8) is 0 Å². The van der Waals surface area contributed by atoms with E-state index in [1.807, 2.05) is 38.1 Å². The summed E-state index contributed by atoms with van der Waals surface area (Å²) in [6.07, 6.45) is 0.308. The van der Waals surface area contributed by atoms with E-state index in [-0.39, 0.29) is 36.8 Å². The highest BCUT2D eigenvalue weighted by Crippen LogP contribution is 2.28. The number of urea groups is 1. The second-order valence-corrected chi connectivity index (χ2v) is 6.73. The first-order valence-electron chi connectivity index (χ1n) is 8.58. The van der Waals surface area contributed by atoms with Crippen LogP contribution in [-0.2, 0) is 4.74 Å². The number of carbonyl (C=O) groups excluding carboxylic acids is 1. The fraction of sp³-hybridized carbons (Fsp3) is 0.611. The number of morpholine rings is 1. The SMILES string of the molecule is C[C@@H]1CN(c2ccccc2NC(=O)N[C@H](C)[C@H](C)CO)C[C@@H](C)O1. The van der Waals surface area contributed by atoms with Crippen molar-refractivity contribution in [3.8, 4) is 0 Å². The molecule has 4 atom stereocenters. The van der Waals surface area contributed by atoms with E-state index in [2.05, 4.69) is 29.4 Å². The number of para-hydroxylation sites is 2. The van der Waals surface area contributed by atoms with Crippen LogP contribution in [0.5, 0.6) is 0 Å². The van der Waals surface area contributed by atoms with Gasteiger partial charge < -0.3 is 25.4 Å². The lowest BCUT2D eigenvalue weighted by Crippen LogP contribution is -2.46. The minimum atomic E-state index is -0.260. The second-order valence-electron chi connectivity index (χ2n) is 6.73. The molecule has 1 heterocycles. The third kappa shape index (κ3) is 4.85. The fourth-order valence-electron chi connectivity index (χ4n) is 2.90. The van der Waals surface area contributed by atoms with Crippen LogP contribution >= 0.6 is 0 Å². The summed E-state index contributed by atoms with van der Waals surface area (Å²) in [5, 5.41) is 15.0. The second kappa shape index (κ2) is 8.35. The lowest BCUT2D eigenvalue weighted by molar-refractivity contribution is -0.00517. The third-order valence-electron chi connectivity index (χ3n) is 4.41. The Balaban J connectivity index is 2.07. The minimum absolute atomic E-state index is 0.00642. The predicted molar refractivity (Wildman–Crippen MR) is 96.5 cm³/mol. The standard InChI is InChI=1S/C18H29N3O3/c1-12(11-22)15(4)19-18(23)20-16-7-5-6-8-17(16)21-9-13(2)24-14(3)10-21/h5-8,12-15,22H,9-11H2,1-4H3,(H2,19,20,23)/t12-,13-,14-,15-/m1/s1. The molecule has 6 nitrogen and oxygen atoms in total. The molecular formula is C18H29N3O3. The van der Waals surface area contributed by atoms with Crippen molar-refractivity contribution in [1.82, 2.24) is 5.32 Å². The van der Waals surface area contributed by atoms with Crippen LogP contribution in [0.1, 0.15) is 27.7 Å². The molecule has 0 saturated carbocycles. The van der Waals surface area contributed by atoms with Crippen LogP contribution in [0, 0.1) is 5.92 Å². The molecule has 134 valence electrons. The monoisotopic (exact) mass is 335 g/mol. The Labute approximate surface area is 144 Å². The molecule has 2 amide bonds. The first-order valence-corrected chi connectivity index (χ1v) is 8.58. The molecule has 1 aromatic rings. The molecule has 1 aromatic carbocycles. The molecule has 1 saturated heterocycles. The number of nitrogens with one attached hydrogen (secondary N) is 2. The summed E-state index contributed by atoms with van der Waals surface area (Å²) in [7, 11) is 0. The molecular weight excluding hydrogens is 306 g/mol. The van der Waals surface area contributed by atoms with Gasteiger partial charge in [-0.3, -0.25) is 0 Å². The van der Waals surface area contributed by atoms with Gasteiger partial charge in [0.1, 0.15) is 0 Å². The lowest BCUT2D eigenvalue weighted by Gasteiger charge is -2.37. The zero-order valence-electron chi connectivity index (χ0n) is 15.0. The highest BCUT2D eigenvalue weighted by Gasteiger charge is 2.24. The number of benzene rings is 1. The van der Waals surface area contributed by atoms with Gasteiger partial charge in [0.2, 0.25) is 0 Å². The van der Waals surface area contributed by atoms with E-state index in [1.165, 1.54) is 0 Å². The molecule has 0 unspecified atom stereocenters. The van der Waals surface area contributed by atoms with Crippen LogP contribution in [0.15, 0.2) is 24.3 Å². The zero-order chi connectivity index (χ0) is 17.7. The Morgan fingerprint density at radius 3 is 2.54 bits per heavy atom. The highest BCUT2D eigenvalue weighted by molar-refractivity contribution is 5.93. The van der Waals surface area contributed by atoms with E-state index in [9.17, 15) is 9.90 Å². The predicted octanol–water partition coefficient (Wildman–Crippen LogP) is 2.44. The van der Waals surface area contributed by atoms with Gasteiger partial charge in [-0.15, -0.1) is 0 Å². The molecule has 1 aliphatic rings. The number of carbonyl (C=O) groups is 1. The molecule has 6 heteroatoms. The van der Waals surface area contributed by atoms with Crippen molar-refractivity contribution in [2.75, 3.05) is 29.9 Å². The molecule has 0 aromatic heterocycles. The Hall–Kier alpha value is -1.79. The molecule has 3 N–H and O–H groups in total. The van der Waals surface area contributed by atoms with Gasteiger partial charge in [-0.1, -0.05) is 19.1 Å². The Morgan fingerprint density at radius 1 is 1.29 bits per heavy atom. The number of anilines is 2. The Bertz CT molecular complexity index is 542. The molecule has 1 aliphatic heterocycles. The van der Waals surface area contributed by atoms with Gasteiger partial charge in [-0.05, 0) is 38.8 Å². The quantitative estimate of drug-likeness (QED) is 0.773. The normalized spacial score (nSPS) is 23.5. The number of nitrogens with zero attached hydrogens (tertiary/aromatic N) is 1. The Kier molecular flexibility index (Phi) is 6.45. The molecule has 2 rings (SSSR count). The first kappa shape index (κ1) is 18.5. The smallest absolute Gasteiger partial charge is 0.319 e. The summed E-state index contributed by atoms with van der Waals surface area (Å²) in [6.45, 7) is 9.53. The van der Waals surface area contributed by atoms with Crippen molar-refractivity contribution in [2.24, 2.45) is 5.92 Å². The zero-order valence-corrected chi connectivity index (χ0v) is 15.0. The van der Waals surface area contributed by atoms with Crippen molar-refractivity contribution in [3.05, 3.63) is 24.3 Å². The van der Waals surface area contributed by atoms with Crippen LogP contribution < -0.4 is 15.5 Å². The van der Waals surface area contributed by atoms with Crippen molar-refractivity contribution in [1.29, 1.82) is 0 Å². The molecule has 0 spiro atoms. The molecule has 24 heavy (non-hydrogen) atoms. The topological polar surface area (TPSA) is 73.8 Å². The van der Waals surface area contributed by atoms with Crippen LogP contribution in [0.25, 0.3) is 0 Å². The number of aliphatic hydroxyl groups is 1. The van der Waals surface area contributed by atoms with Crippen molar-refractivity contribution in [2.45, 2.75) is 45.9 Å². The fourth-order valence-corrected chi connectivity index (χ4v) is 2.90. The summed E-state index contributed by atoms with van der Waals surface area (Å²) in [4.78, 5) is 14.5. The summed E-state index contributed by atoms with van der Waals surface area (Å²) in [5.41, 5.74) is 1.78. The van der Waals surface area contributed by atoms with Gasteiger partial charge in [0.15, 0.2) is 0 Å². The van der Waals surface area contributed by atoms with E-state index >= 15 is 0 Å². The maximum atomic E-state index is 12.3. The molecule has 1 fully saturated rings. The average molecular weight is 335 g/mol. The third-order valence-corrected chi connectivity index (χ3v) is 4.41. The Morgan fingerprint density at radius 2 is 1.92 bits per heavy atom. The number of hydrogen-bond donors (Lipinski definition) is 3. The molecule has 0 aliphatic carbocycles. The summed E-state index contributed by atoms with van der Waals surface area (Å²) >= 11 is 0. The van der Waals surface area contributed by atoms with E-state index in [1.54, 1.807) is 0 Å². The van der Waals surface area contributed by atoms with E-state index < -0.39 is 0 Å². The first-order chi connectivity index (χ1) is 11.4. The van der Waals surface area contributed by atoms with Gasteiger partial charge in [-0.25, -0.2) is 4.79 Å². The number of aliphatic hydroxyl groups excluding tert-OH is 1. The van der Waals surface area contributed by atoms with Crippen LogP contribution in [-0.4, -0.2) is 49.1 Å². The van der Waals surface area contributed by atoms with E-state index in [0.717, 1.165) is 24.5 Å². The summed E-state index contributed by atoms with van der Waals surface area (Å²) < 4.78 is 5.79.